The molecule has 0 heterocycles. The lowest BCUT2D eigenvalue weighted by Gasteiger charge is -2.38. The van der Waals surface area contributed by atoms with E-state index in [1.165, 1.54) is 30.0 Å². The maximum absolute atomic E-state index is 10.7. The average Bonchev–Trinajstić information content (AvgIpc) is 2.61. The van der Waals surface area contributed by atoms with Gasteiger partial charge in [-0.05, 0) is 55.4 Å². The van der Waals surface area contributed by atoms with Gasteiger partial charge in [0.2, 0.25) is 0 Å². The second kappa shape index (κ2) is 6.01. The first kappa shape index (κ1) is 14.8. The first-order valence-electron chi connectivity index (χ1n) is 8.74. The number of benzene rings is 2. The highest BCUT2D eigenvalue weighted by atomic mass is 16.5. The minimum absolute atomic E-state index is 0.170. The van der Waals surface area contributed by atoms with E-state index in [1.807, 2.05) is 19.2 Å². The van der Waals surface area contributed by atoms with Crippen molar-refractivity contribution in [2.75, 3.05) is 7.11 Å². The van der Waals surface area contributed by atoms with E-state index in [9.17, 15) is 5.11 Å². The molecule has 2 heteroatoms. The summed E-state index contributed by atoms with van der Waals surface area (Å²) in [5.74, 6) is 0.616. The Bertz CT molecular complexity index is 760. The van der Waals surface area contributed by atoms with Crippen molar-refractivity contribution in [3.05, 3.63) is 53.1 Å². The Morgan fingerprint density at radius 3 is 2.70 bits per heavy atom. The second-order valence-corrected chi connectivity index (χ2v) is 6.85. The van der Waals surface area contributed by atoms with Crippen molar-refractivity contribution >= 4 is 10.8 Å². The zero-order valence-corrected chi connectivity index (χ0v) is 13.7. The fraction of sp³-hybridized carbons (Fsp3) is 0.429. The molecule has 2 aliphatic rings. The van der Waals surface area contributed by atoms with Crippen LogP contribution >= 0.6 is 0 Å². The molecule has 120 valence electrons. The first-order chi connectivity index (χ1) is 11.3. The number of ether oxygens (including phenoxy) is 1. The van der Waals surface area contributed by atoms with Crippen LogP contribution in [0.1, 0.15) is 50.0 Å². The third-order valence-electron chi connectivity index (χ3n) is 5.67. The van der Waals surface area contributed by atoms with Gasteiger partial charge in [-0.25, -0.2) is 0 Å². The molecule has 0 spiro atoms. The van der Waals surface area contributed by atoms with E-state index in [0.717, 1.165) is 24.8 Å². The van der Waals surface area contributed by atoms with E-state index in [0.29, 0.717) is 5.75 Å². The summed E-state index contributed by atoms with van der Waals surface area (Å²) in [6, 6.07) is 12.2. The smallest absolute Gasteiger partial charge is 0.120 e. The van der Waals surface area contributed by atoms with Gasteiger partial charge in [0.05, 0.1) is 6.10 Å². The summed E-state index contributed by atoms with van der Waals surface area (Å²) >= 11 is 0. The van der Waals surface area contributed by atoms with Crippen molar-refractivity contribution in [3.8, 4) is 5.75 Å². The van der Waals surface area contributed by atoms with Gasteiger partial charge in [0.25, 0.3) is 0 Å². The van der Waals surface area contributed by atoms with Crippen LogP contribution in [0.4, 0.5) is 0 Å². The Balaban J connectivity index is 1.95. The molecular formula is C21H24O2. The lowest BCUT2D eigenvalue weighted by atomic mass is 9.70. The zero-order chi connectivity index (χ0) is 15.8. The molecule has 0 saturated carbocycles. The summed E-state index contributed by atoms with van der Waals surface area (Å²) < 4.78 is 5.87. The number of phenolic OH excluding ortho intramolecular Hbond substituents is 1. The molecule has 0 aliphatic heterocycles. The normalized spacial score (nSPS) is 24.7. The predicted octanol–water partition coefficient (Wildman–Crippen LogP) is 5.31. The number of hydrogen-bond donors (Lipinski definition) is 1. The fourth-order valence-corrected chi connectivity index (χ4v) is 4.58. The molecule has 23 heavy (non-hydrogen) atoms. The van der Waals surface area contributed by atoms with Gasteiger partial charge in [-0.3, -0.25) is 0 Å². The molecule has 0 fully saturated rings. The Morgan fingerprint density at radius 1 is 1.00 bits per heavy atom. The van der Waals surface area contributed by atoms with E-state index in [2.05, 4.69) is 24.3 Å². The fourth-order valence-electron chi connectivity index (χ4n) is 4.58. The van der Waals surface area contributed by atoms with Crippen LogP contribution in [0.2, 0.25) is 0 Å². The molecule has 2 atom stereocenters. The molecule has 0 bridgehead atoms. The maximum Gasteiger partial charge on any atom is 0.120 e. The summed E-state index contributed by atoms with van der Waals surface area (Å²) in [5, 5.41) is 13.0. The van der Waals surface area contributed by atoms with Gasteiger partial charge in [-0.15, -0.1) is 0 Å². The number of phenols is 1. The largest absolute Gasteiger partial charge is 0.508 e. The first-order valence-corrected chi connectivity index (χ1v) is 8.74. The Morgan fingerprint density at radius 2 is 1.83 bits per heavy atom. The van der Waals surface area contributed by atoms with Crippen LogP contribution in [-0.2, 0) is 4.74 Å². The SMILES string of the molecule is COC1CCC2=C(CCCC2)C1c1c(O)ccc2ccccc12. The standard InChI is InChI=1S/C21H24O2/c1-23-19-13-11-15-7-3-5-9-17(15)21(19)20-16-8-4-2-6-14(16)10-12-18(20)22/h2,4,6,8,10,12,19,21-22H,3,5,7,9,11,13H2,1H3. The van der Waals surface area contributed by atoms with Crippen LogP contribution < -0.4 is 0 Å². The van der Waals surface area contributed by atoms with Crippen LogP contribution in [0.3, 0.4) is 0 Å². The van der Waals surface area contributed by atoms with Gasteiger partial charge in [-0.2, -0.15) is 0 Å². The number of fused-ring (bicyclic) bond motifs is 1. The minimum Gasteiger partial charge on any atom is -0.508 e. The quantitative estimate of drug-likeness (QED) is 0.762. The van der Waals surface area contributed by atoms with Crippen LogP contribution in [0, 0.1) is 0 Å². The molecule has 2 unspecified atom stereocenters. The number of allylic oxidation sites excluding steroid dienone is 1. The van der Waals surface area contributed by atoms with E-state index >= 15 is 0 Å². The van der Waals surface area contributed by atoms with Gasteiger partial charge >= 0.3 is 0 Å². The van der Waals surface area contributed by atoms with Crippen molar-refractivity contribution in [2.24, 2.45) is 0 Å². The molecule has 0 aromatic heterocycles. The van der Waals surface area contributed by atoms with E-state index in [1.54, 1.807) is 11.1 Å². The summed E-state index contributed by atoms with van der Waals surface area (Å²) in [5.41, 5.74) is 4.24. The molecule has 0 radical (unpaired) electrons. The van der Waals surface area contributed by atoms with Crippen molar-refractivity contribution in [3.63, 3.8) is 0 Å². The molecular weight excluding hydrogens is 284 g/mol. The highest BCUT2D eigenvalue weighted by Crippen LogP contribution is 2.49. The van der Waals surface area contributed by atoms with Crippen molar-refractivity contribution in [1.29, 1.82) is 0 Å². The van der Waals surface area contributed by atoms with Gasteiger partial charge in [0.15, 0.2) is 0 Å². The molecule has 1 N–H and O–H groups in total. The Kier molecular flexibility index (Phi) is 3.86. The molecule has 0 amide bonds. The Hall–Kier alpha value is -1.80. The van der Waals surface area contributed by atoms with Gasteiger partial charge < -0.3 is 9.84 Å². The van der Waals surface area contributed by atoms with Crippen LogP contribution in [-0.4, -0.2) is 18.3 Å². The summed E-state index contributed by atoms with van der Waals surface area (Å²) in [6.07, 6.45) is 7.35. The Labute approximate surface area is 137 Å². The molecule has 0 saturated heterocycles. The topological polar surface area (TPSA) is 29.5 Å². The van der Waals surface area contributed by atoms with E-state index < -0.39 is 0 Å². The zero-order valence-electron chi connectivity index (χ0n) is 13.7. The molecule has 2 aromatic rings. The van der Waals surface area contributed by atoms with E-state index in [4.69, 9.17) is 4.74 Å². The lowest BCUT2D eigenvalue weighted by molar-refractivity contribution is 0.0729. The highest BCUT2D eigenvalue weighted by Gasteiger charge is 2.36. The average molecular weight is 308 g/mol. The minimum atomic E-state index is 0.170. The number of hydrogen-bond acceptors (Lipinski definition) is 2. The van der Waals surface area contributed by atoms with Crippen molar-refractivity contribution < 1.29 is 9.84 Å². The third kappa shape index (κ3) is 2.46. The van der Waals surface area contributed by atoms with E-state index in [-0.39, 0.29) is 12.0 Å². The maximum atomic E-state index is 10.7. The third-order valence-corrected chi connectivity index (χ3v) is 5.67. The van der Waals surface area contributed by atoms with Crippen LogP contribution in [0.15, 0.2) is 47.5 Å². The van der Waals surface area contributed by atoms with Gasteiger partial charge in [-0.1, -0.05) is 41.5 Å². The molecule has 2 nitrogen and oxygen atoms in total. The number of rotatable bonds is 2. The summed E-state index contributed by atoms with van der Waals surface area (Å²) in [6.45, 7) is 0. The van der Waals surface area contributed by atoms with Gasteiger partial charge in [0, 0.05) is 18.6 Å². The molecule has 2 aliphatic carbocycles. The van der Waals surface area contributed by atoms with Crippen LogP contribution in [0.25, 0.3) is 10.8 Å². The highest BCUT2D eigenvalue weighted by molar-refractivity contribution is 5.88. The second-order valence-electron chi connectivity index (χ2n) is 6.85. The molecule has 2 aromatic carbocycles. The number of aromatic hydroxyl groups is 1. The monoisotopic (exact) mass is 308 g/mol. The van der Waals surface area contributed by atoms with Crippen molar-refractivity contribution in [1.82, 2.24) is 0 Å². The van der Waals surface area contributed by atoms with Gasteiger partial charge in [0.1, 0.15) is 5.75 Å². The van der Waals surface area contributed by atoms with Crippen molar-refractivity contribution in [2.45, 2.75) is 50.5 Å². The number of methoxy groups -OCH3 is 1. The summed E-state index contributed by atoms with van der Waals surface area (Å²) in [7, 11) is 1.81. The van der Waals surface area contributed by atoms with Crippen LogP contribution in [0.5, 0.6) is 5.75 Å². The summed E-state index contributed by atoms with van der Waals surface area (Å²) in [4.78, 5) is 0. The lowest BCUT2D eigenvalue weighted by Crippen LogP contribution is -2.29. The molecule has 4 rings (SSSR count). The predicted molar refractivity (Wildman–Crippen MR) is 93.9 cm³/mol.